The number of hydrogen-bond donors (Lipinski definition) is 1. The maximum Gasteiger partial charge on any atom is 0.399 e. The molecule has 5 nitrogen and oxygen atoms in total. The van der Waals surface area contributed by atoms with Crippen molar-refractivity contribution in [1.29, 1.82) is 0 Å². The molecule has 1 N–H and O–H groups in total. The van der Waals surface area contributed by atoms with Gasteiger partial charge in [-0.2, -0.15) is 8.42 Å². The highest BCUT2D eigenvalue weighted by atomic mass is 32.3. The summed E-state index contributed by atoms with van der Waals surface area (Å²) in [6.07, 6.45) is 0. The molecule has 0 rings (SSSR count). The lowest BCUT2D eigenvalue weighted by atomic mass is 10.9. The zero-order valence-electron chi connectivity index (χ0n) is 6.90. The molecule has 0 bridgehead atoms. The Kier molecular flexibility index (Phi) is 9.68. The average Bonchev–Trinajstić information content (AvgIpc) is 1.91. The van der Waals surface area contributed by atoms with Crippen LogP contribution in [-0.2, 0) is 18.8 Å². The molecule has 0 aromatic carbocycles. The Morgan fingerprint density at radius 2 is 1.36 bits per heavy atom. The van der Waals surface area contributed by atoms with Crippen LogP contribution in [0.15, 0.2) is 0 Å². The zero-order valence-corrected chi connectivity index (χ0v) is 7.72. The van der Waals surface area contributed by atoms with Crippen LogP contribution in [0.4, 0.5) is 0 Å². The monoisotopic (exact) mass is 186 g/mol. The molecule has 0 aliphatic heterocycles. The van der Waals surface area contributed by atoms with Crippen LogP contribution in [0.2, 0.25) is 0 Å². The van der Waals surface area contributed by atoms with Crippen molar-refractivity contribution in [3.05, 3.63) is 0 Å². The molecule has 70 valence electrons. The first kappa shape index (κ1) is 13.4. The first-order valence-electron chi connectivity index (χ1n) is 3.11. The van der Waals surface area contributed by atoms with Gasteiger partial charge in [-0.05, 0) is 13.8 Å². The molecule has 0 aliphatic carbocycles. The summed E-state index contributed by atoms with van der Waals surface area (Å²) in [7, 11) is -2.68. The van der Waals surface area contributed by atoms with Gasteiger partial charge in [-0.25, -0.2) is 8.37 Å². The molecule has 0 saturated carbocycles. The van der Waals surface area contributed by atoms with Crippen LogP contribution < -0.4 is 0 Å². The van der Waals surface area contributed by atoms with Crippen molar-refractivity contribution in [1.82, 2.24) is 0 Å². The lowest BCUT2D eigenvalue weighted by Gasteiger charge is -1.99. The standard InChI is InChI=1S/C4H10O4S.CH4O/c1-3-7-9(5,6)8-4-2;1-2/h3-4H2,1-2H3;2H,1H3. The van der Waals surface area contributed by atoms with Crippen molar-refractivity contribution in [2.24, 2.45) is 0 Å². The second kappa shape index (κ2) is 7.93. The van der Waals surface area contributed by atoms with Gasteiger partial charge in [-0.3, -0.25) is 0 Å². The van der Waals surface area contributed by atoms with Crippen LogP contribution in [0.25, 0.3) is 0 Å². The minimum atomic E-state index is -3.68. The van der Waals surface area contributed by atoms with E-state index in [0.717, 1.165) is 7.11 Å². The SMILES string of the molecule is CCOS(=O)(=O)OCC.CO. The third-order valence-electron chi connectivity index (χ3n) is 0.524. The van der Waals surface area contributed by atoms with Gasteiger partial charge >= 0.3 is 10.4 Å². The number of aliphatic hydroxyl groups is 1. The number of rotatable bonds is 4. The van der Waals surface area contributed by atoms with E-state index >= 15 is 0 Å². The molecule has 0 spiro atoms. The summed E-state index contributed by atoms with van der Waals surface area (Å²) in [6, 6.07) is 0. The summed E-state index contributed by atoms with van der Waals surface area (Å²) in [5, 5.41) is 7.00. The molecular weight excluding hydrogens is 172 g/mol. The van der Waals surface area contributed by atoms with Crippen LogP contribution in [0.3, 0.4) is 0 Å². The molecule has 0 aromatic heterocycles. The lowest BCUT2D eigenvalue weighted by Crippen LogP contribution is -2.09. The van der Waals surface area contributed by atoms with Crippen molar-refractivity contribution in [2.45, 2.75) is 13.8 Å². The molecule has 11 heavy (non-hydrogen) atoms. The van der Waals surface area contributed by atoms with Gasteiger partial charge in [0.05, 0.1) is 13.2 Å². The molecule has 0 saturated heterocycles. The van der Waals surface area contributed by atoms with Crippen LogP contribution >= 0.6 is 0 Å². The van der Waals surface area contributed by atoms with E-state index in [1.54, 1.807) is 13.8 Å². The van der Waals surface area contributed by atoms with Gasteiger partial charge in [0.2, 0.25) is 0 Å². The molecular formula is C5H14O5S. The summed E-state index contributed by atoms with van der Waals surface area (Å²) >= 11 is 0. The van der Waals surface area contributed by atoms with E-state index in [0.29, 0.717) is 0 Å². The van der Waals surface area contributed by atoms with Gasteiger partial charge in [0.25, 0.3) is 0 Å². The Balaban J connectivity index is 0. The minimum absolute atomic E-state index is 0.113. The summed E-state index contributed by atoms with van der Waals surface area (Å²) in [5.41, 5.74) is 0. The first-order valence-corrected chi connectivity index (χ1v) is 4.44. The number of hydrogen-bond acceptors (Lipinski definition) is 5. The Bertz CT molecular complexity index is 138. The van der Waals surface area contributed by atoms with E-state index in [2.05, 4.69) is 8.37 Å². The third kappa shape index (κ3) is 9.83. The fourth-order valence-corrected chi connectivity index (χ4v) is 0.968. The minimum Gasteiger partial charge on any atom is -0.400 e. The first-order chi connectivity index (χ1) is 5.12. The summed E-state index contributed by atoms with van der Waals surface area (Å²) < 4.78 is 29.2. The predicted octanol–water partition coefficient (Wildman–Crippen LogP) is -0.0873. The quantitative estimate of drug-likeness (QED) is 0.664. The summed E-state index contributed by atoms with van der Waals surface area (Å²) in [6.45, 7) is 3.39. The smallest absolute Gasteiger partial charge is 0.399 e. The molecule has 0 radical (unpaired) electrons. The second-order valence-electron chi connectivity index (χ2n) is 1.22. The van der Waals surface area contributed by atoms with Gasteiger partial charge in [-0.15, -0.1) is 0 Å². The fourth-order valence-electron chi connectivity index (χ4n) is 0.323. The van der Waals surface area contributed by atoms with E-state index in [-0.39, 0.29) is 13.2 Å². The molecule has 0 fully saturated rings. The maximum atomic E-state index is 10.4. The van der Waals surface area contributed by atoms with Crippen LogP contribution in [0, 0.1) is 0 Å². The van der Waals surface area contributed by atoms with Gasteiger partial charge in [-0.1, -0.05) is 0 Å². The van der Waals surface area contributed by atoms with E-state index in [9.17, 15) is 8.42 Å². The Morgan fingerprint density at radius 1 is 1.09 bits per heavy atom. The van der Waals surface area contributed by atoms with Crippen molar-refractivity contribution in [3.63, 3.8) is 0 Å². The van der Waals surface area contributed by atoms with Crippen molar-refractivity contribution >= 4 is 10.4 Å². The summed E-state index contributed by atoms with van der Waals surface area (Å²) in [5.74, 6) is 0. The van der Waals surface area contributed by atoms with Gasteiger partial charge < -0.3 is 5.11 Å². The Labute approximate surface area is 67.3 Å². The van der Waals surface area contributed by atoms with E-state index < -0.39 is 10.4 Å². The van der Waals surface area contributed by atoms with Crippen LogP contribution in [-0.4, -0.2) is 33.8 Å². The highest BCUT2D eigenvalue weighted by Crippen LogP contribution is 1.93. The lowest BCUT2D eigenvalue weighted by molar-refractivity contribution is 0.231. The highest BCUT2D eigenvalue weighted by molar-refractivity contribution is 7.81. The molecule has 0 aromatic rings. The van der Waals surface area contributed by atoms with E-state index in [1.807, 2.05) is 0 Å². The Morgan fingerprint density at radius 3 is 1.55 bits per heavy atom. The normalized spacial score (nSPS) is 10.2. The van der Waals surface area contributed by atoms with Gasteiger partial charge in [0.1, 0.15) is 0 Å². The van der Waals surface area contributed by atoms with E-state index in [4.69, 9.17) is 5.11 Å². The highest BCUT2D eigenvalue weighted by Gasteiger charge is 2.06. The molecule has 0 aliphatic rings. The van der Waals surface area contributed by atoms with Crippen molar-refractivity contribution < 1.29 is 21.9 Å². The van der Waals surface area contributed by atoms with Gasteiger partial charge in [0, 0.05) is 7.11 Å². The predicted molar refractivity (Wildman–Crippen MR) is 40.3 cm³/mol. The van der Waals surface area contributed by atoms with Gasteiger partial charge in [0.15, 0.2) is 0 Å². The molecule has 0 amide bonds. The van der Waals surface area contributed by atoms with Crippen molar-refractivity contribution in [3.8, 4) is 0 Å². The van der Waals surface area contributed by atoms with Crippen LogP contribution in [0.5, 0.6) is 0 Å². The molecule has 6 heteroatoms. The Hall–Kier alpha value is -0.170. The fraction of sp³-hybridized carbons (Fsp3) is 1.00. The molecule has 0 atom stereocenters. The average molecular weight is 186 g/mol. The second-order valence-corrected chi connectivity index (χ2v) is 2.51. The van der Waals surface area contributed by atoms with Crippen LogP contribution in [0.1, 0.15) is 13.8 Å². The number of aliphatic hydroxyl groups excluding tert-OH is 1. The topological polar surface area (TPSA) is 72.8 Å². The molecule has 0 unspecified atom stereocenters. The van der Waals surface area contributed by atoms with E-state index in [1.165, 1.54) is 0 Å². The largest absolute Gasteiger partial charge is 0.400 e. The summed E-state index contributed by atoms with van der Waals surface area (Å²) in [4.78, 5) is 0. The maximum absolute atomic E-state index is 10.4. The van der Waals surface area contributed by atoms with Crippen molar-refractivity contribution in [2.75, 3.05) is 20.3 Å². The third-order valence-corrected chi connectivity index (χ3v) is 1.57. The molecule has 0 heterocycles. The zero-order chi connectivity index (χ0) is 9.33.